The first kappa shape index (κ1) is 14.0. The normalized spacial score (nSPS) is 11.9. The fraction of sp³-hybridized carbons (Fsp3) is 0.133. The number of benzene rings is 2. The van der Waals surface area contributed by atoms with Gasteiger partial charge in [0.2, 0.25) is 5.75 Å². The number of carbonyl (C=O) groups is 1. The number of nitrogens with two attached hydrogens (primary N) is 2. The van der Waals surface area contributed by atoms with E-state index in [0.717, 1.165) is 17.3 Å². The number of fused-ring (bicyclic) bond motifs is 2. The Labute approximate surface area is 126 Å². The highest BCUT2D eigenvalue weighted by Crippen LogP contribution is 2.52. The number of aryl methyl sites for hydroxylation is 1. The van der Waals surface area contributed by atoms with Crippen molar-refractivity contribution in [2.75, 3.05) is 12.4 Å². The second-order valence-corrected chi connectivity index (χ2v) is 5.08. The summed E-state index contributed by atoms with van der Waals surface area (Å²) in [5.74, 6) is -1.18. The molecule has 0 fully saturated rings. The third-order valence-electron chi connectivity index (χ3n) is 3.65. The molecule has 0 aliphatic carbocycles. The van der Waals surface area contributed by atoms with Crippen LogP contribution in [0.25, 0.3) is 0 Å². The van der Waals surface area contributed by atoms with E-state index in [4.69, 9.17) is 10.5 Å². The number of hydrogen-bond donors (Lipinski definition) is 5. The summed E-state index contributed by atoms with van der Waals surface area (Å²) >= 11 is 0. The molecule has 1 aliphatic heterocycles. The van der Waals surface area contributed by atoms with Crippen LogP contribution in [-0.2, 0) is 0 Å². The van der Waals surface area contributed by atoms with Crippen LogP contribution in [0.1, 0.15) is 15.9 Å². The lowest BCUT2D eigenvalue weighted by Gasteiger charge is -2.25. The Kier molecular flexibility index (Phi) is 3.07. The van der Waals surface area contributed by atoms with Gasteiger partial charge in [0.1, 0.15) is 5.69 Å². The first-order valence-corrected chi connectivity index (χ1v) is 6.70. The molecule has 0 saturated carbocycles. The van der Waals surface area contributed by atoms with E-state index in [0.29, 0.717) is 11.4 Å². The average Bonchev–Trinajstić information content (AvgIpc) is 2.48. The van der Waals surface area contributed by atoms with Crippen LogP contribution in [0.5, 0.6) is 23.0 Å². The van der Waals surface area contributed by atoms with E-state index in [1.165, 1.54) is 0 Å². The molecular weight excluding hydrogens is 286 g/mol. The smallest absolute Gasteiger partial charge is 0.251 e. The van der Waals surface area contributed by atoms with Gasteiger partial charge < -0.3 is 31.3 Å². The number of hydrogen-bond acceptors (Lipinski definition) is 5. The van der Waals surface area contributed by atoms with Crippen LogP contribution in [0, 0.1) is 6.92 Å². The molecular formula is C15H16N3O4+. The molecule has 1 amide bonds. The zero-order valence-corrected chi connectivity index (χ0v) is 12.1. The molecule has 2 aromatic carbocycles. The summed E-state index contributed by atoms with van der Waals surface area (Å²) in [6, 6.07) is 4.80. The molecule has 7 nitrogen and oxygen atoms in total. The van der Waals surface area contributed by atoms with Gasteiger partial charge in [0.15, 0.2) is 17.2 Å². The lowest BCUT2D eigenvalue weighted by atomic mass is 10.1. The maximum atomic E-state index is 11.5. The third kappa shape index (κ3) is 1.99. The summed E-state index contributed by atoms with van der Waals surface area (Å²) in [6.07, 6.45) is 0. The first-order valence-electron chi connectivity index (χ1n) is 6.70. The Hall–Kier alpha value is -2.93. The fourth-order valence-corrected chi connectivity index (χ4v) is 2.49. The van der Waals surface area contributed by atoms with Crippen LogP contribution >= 0.6 is 0 Å². The van der Waals surface area contributed by atoms with Crippen molar-refractivity contribution in [3.05, 3.63) is 29.3 Å². The zero-order valence-electron chi connectivity index (χ0n) is 12.1. The van der Waals surface area contributed by atoms with Gasteiger partial charge in [-0.1, -0.05) is 0 Å². The van der Waals surface area contributed by atoms with E-state index >= 15 is 0 Å². The fourth-order valence-electron chi connectivity index (χ4n) is 2.49. The molecule has 22 heavy (non-hydrogen) atoms. The van der Waals surface area contributed by atoms with Gasteiger partial charge in [0, 0.05) is 11.6 Å². The number of primary amides is 1. The highest BCUT2D eigenvalue weighted by atomic mass is 16.5. The van der Waals surface area contributed by atoms with E-state index in [2.05, 4.69) is 5.32 Å². The highest BCUT2D eigenvalue weighted by Gasteiger charge is 2.28. The van der Waals surface area contributed by atoms with Gasteiger partial charge in [0.25, 0.3) is 5.91 Å². The highest BCUT2D eigenvalue weighted by molar-refractivity contribution is 6.03. The van der Waals surface area contributed by atoms with Crippen LogP contribution < -0.4 is 21.1 Å². The van der Waals surface area contributed by atoms with Crippen molar-refractivity contribution >= 4 is 23.0 Å². The Bertz CT molecular complexity index is 802. The molecule has 1 aliphatic rings. The number of anilines is 2. The summed E-state index contributed by atoms with van der Waals surface area (Å²) in [5.41, 5.74) is 8.27. The van der Waals surface area contributed by atoms with Crippen molar-refractivity contribution in [3.63, 3.8) is 0 Å². The van der Waals surface area contributed by atoms with Crippen molar-refractivity contribution in [2.24, 2.45) is 5.73 Å². The molecule has 0 bridgehead atoms. The van der Waals surface area contributed by atoms with Gasteiger partial charge in [-0.2, -0.15) is 0 Å². The van der Waals surface area contributed by atoms with Crippen molar-refractivity contribution in [1.82, 2.24) is 0 Å². The number of carbonyl (C=O) groups excluding carboxylic acids is 1. The summed E-state index contributed by atoms with van der Waals surface area (Å²) in [4.78, 5) is 11.5. The summed E-state index contributed by atoms with van der Waals surface area (Å²) in [6.45, 7) is 1.95. The zero-order chi connectivity index (χ0) is 16.0. The van der Waals surface area contributed by atoms with Gasteiger partial charge in [-0.15, -0.1) is 0 Å². The first-order chi connectivity index (χ1) is 10.4. The molecule has 3 rings (SSSR count). The summed E-state index contributed by atoms with van der Waals surface area (Å²) in [7, 11) is 1.91. The number of phenolic OH excluding ortho intramolecular Hbond substituents is 2. The van der Waals surface area contributed by atoms with E-state index in [-0.39, 0.29) is 17.0 Å². The van der Waals surface area contributed by atoms with Gasteiger partial charge in [-0.3, -0.25) is 4.79 Å². The second kappa shape index (κ2) is 4.81. The summed E-state index contributed by atoms with van der Waals surface area (Å²) < 4.78 is 5.68. The molecule has 7 heteroatoms. The molecule has 0 unspecified atom stereocenters. The minimum absolute atomic E-state index is 0.0211. The van der Waals surface area contributed by atoms with Crippen LogP contribution in [0.15, 0.2) is 18.2 Å². The van der Waals surface area contributed by atoms with Crippen molar-refractivity contribution in [2.45, 2.75) is 6.92 Å². The van der Waals surface area contributed by atoms with E-state index < -0.39 is 17.4 Å². The predicted molar refractivity (Wildman–Crippen MR) is 80.3 cm³/mol. The van der Waals surface area contributed by atoms with Gasteiger partial charge in [-0.05, 0) is 19.1 Å². The number of rotatable bonds is 2. The number of ether oxygens (including phenoxy) is 1. The number of aromatic hydroxyl groups is 2. The van der Waals surface area contributed by atoms with Crippen LogP contribution in [-0.4, -0.2) is 23.2 Å². The SMILES string of the molecule is C[NH2+]c1cc2c(cc1C)Nc1c(C(N)=O)cc(O)c(O)c1O2. The van der Waals surface area contributed by atoms with Crippen molar-refractivity contribution in [3.8, 4) is 23.0 Å². The Balaban J connectivity index is 2.20. The average molecular weight is 302 g/mol. The lowest BCUT2D eigenvalue weighted by Crippen LogP contribution is -2.73. The van der Waals surface area contributed by atoms with Gasteiger partial charge in [-0.25, -0.2) is 0 Å². The minimum Gasteiger partial charge on any atom is -0.504 e. The lowest BCUT2D eigenvalue weighted by molar-refractivity contribution is -0.539. The summed E-state index contributed by atoms with van der Waals surface area (Å²) in [5, 5.41) is 24.7. The molecule has 7 N–H and O–H groups in total. The Morgan fingerprint density at radius 1 is 1.32 bits per heavy atom. The van der Waals surface area contributed by atoms with Crippen molar-refractivity contribution in [1.29, 1.82) is 0 Å². The molecule has 1 heterocycles. The molecule has 0 spiro atoms. The van der Waals surface area contributed by atoms with Gasteiger partial charge in [0.05, 0.1) is 24.0 Å². The van der Waals surface area contributed by atoms with Crippen LogP contribution in [0.4, 0.5) is 17.1 Å². The quantitative estimate of drug-likeness (QED) is 0.276. The number of nitrogens with one attached hydrogen (secondary N) is 1. The van der Waals surface area contributed by atoms with E-state index in [1.807, 2.05) is 31.4 Å². The second-order valence-electron chi connectivity index (χ2n) is 5.08. The van der Waals surface area contributed by atoms with Crippen LogP contribution in [0.2, 0.25) is 0 Å². The minimum atomic E-state index is -0.735. The molecule has 0 atom stereocenters. The molecule has 2 aromatic rings. The van der Waals surface area contributed by atoms with E-state index in [1.54, 1.807) is 0 Å². The van der Waals surface area contributed by atoms with E-state index in [9.17, 15) is 15.0 Å². The standard InChI is InChI=1S/C15H15N3O4/c1-6-3-9-11(5-8(6)17-2)22-14-12(18-9)7(15(16)21)4-10(19)13(14)20/h3-5,17-20H,1-2H3,(H2,16,21)/p+1. The number of quaternary nitrogens is 1. The van der Waals surface area contributed by atoms with Gasteiger partial charge >= 0.3 is 0 Å². The monoisotopic (exact) mass is 302 g/mol. The maximum absolute atomic E-state index is 11.5. The molecule has 0 radical (unpaired) electrons. The number of phenols is 2. The molecule has 0 aromatic heterocycles. The number of amides is 1. The topological polar surface area (TPSA) is 121 Å². The van der Waals surface area contributed by atoms with Crippen molar-refractivity contribution < 1.29 is 25.1 Å². The predicted octanol–water partition coefficient (Wildman–Crippen LogP) is 1.18. The maximum Gasteiger partial charge on any atom is 0.251 e. The molecule has 0 saturated heterocycles. The largest absolute Gasteiger partial charge is 0.504 e. The Morgan fingerprint density at radius 3 is 2.68 bits per heavy atom. The van der Waals surface area contributed by atoms with Crippen LogP contribution in [0.3, 0.4) is 0 Å². The molecule has 114 valence electrons. The third-order valence-corrected chi connectivity index (χ3v) is 3.65. The Morgan fingerprint density at radius 2 is 2.05 bits per heavy atom.